The summed E-state index contributed by atoms with van der Waals surface area (Å²) in [5, 5.41) is 7.91. The van der Waals surface area contributed by atoms with Gasteiger partial charge in [0.15, 0.2) is 6.04 Å². The van der Waals surface area contributed by atoms with Crippen LogP contribution in [0.5, 0.6) is 0 Å². The van der Waals surface area contributed by atoms with Crippen LogP contribution in [0.4, 0.5) is 5.69 Å². The van der Waals surface area contributed by atoms with Gasteiger partial charge in [-0.2, -0.15) is 0 Å². The van der Waals surface area contributed by atoms with Crippen LogP contribution in [0.2, 0.25) is 0 Å². The Labute approximate surface area is 417 Å². The lowest BCUT2D eigenvalue weighted by molar-refractivity contribution is -0.156. The standard InChI is InChI=1S/C51H64N8O13/c1-9-35-46(64)58-24-15-18-36(58)47(65)57(8)38(26-30-19-21-32(22-20-30)55(5)6)48(66)59-25-23-33(60)27-37(59)43(61)54-41(31-16-13-12-14-17-31)51(69)72-29(4)40(44(62)52-35)53-45(63)42-39(50(68)71-11-3)34(28-56(42)7)49(67)70-10-2/h12-14,16-17,19-22,28-29,35-38,40-41H,9-11,15,18,23-27H2,1-8H3,(H,52,62)(H,53,63)(H,54,61)/t29-,35-,36+,37+,38+,40+,41+/m1/s1. The topological polar surface area (TPSA) is 252 Å². The fourth-order valence-corrected chi connectivity index (χ4v) is 9.30. The number of nitrogens with zero attached hydrogens (tertiary/aromatic N) is 5. The van der Waals surface area contributed by atoms with Gasteiger partial charge >= 0.3 is 17.9 Å². The van der Waals surface area contributed by atoms with E-state index < -0.39 is 113 Å². The van der Waals surface area contributed by atoms with E-state index >= 15 is 4.79 Å². The molecule has 3 saturated heterocycles. The number of piperidine rings is 1. The summed E-state index contributed by atoms with van der Waals surface area (Å²) in [5.41, 5.74) is 0.620. The molecule has 6 amide bonds. The zero-order valence-electron chi connectivity index (χ0n) is 41.9. The van der Waals surface area contributed by atoms with Gasteiger partial charge in [-0.25, -0.2) is 14.4 Å². The zero-order valence-corrected chi connectivity index (χ0v) is 41.9. The van der Waals surface area contributed by atoms with Crippen molar-refractivity contribution in [1.29, 1.82) is 0 Å². The van der Waals surface area contributed by atoms with Gasteiger partial charge in [0.1, 0.15) is 53.4 Å². The SMILES string of the molecule is CCOC(=O)c1cn(C)c(C(=O)N[C@@H]2C(=O)N[C@H](CC)C(=O)N3CCC[C@H]3C(=O)N(C)[C@@H](Cc3ccc(N(C)C)cc3)C(=O)N3CCC(=O)C[C@H]3C(=O)N[C@@H](c3ccccc3)C(=O)O[C@@H]2C)c1C(=O)OCC. The number of aryl methyl sites for hydroxylation is 1. The first-order valence-corrected chi connectivity index (χ1v) is 24.2. The number of anilines is 1. The summed E-state index contributed by atoms with van der Waals surface area (Å²) in [4.78, 5) is 148. The quantitative estimate of drug-likeness (QED) is 0.183. The number of benzene rings is 2. The van der Waals surface area contributed by atoms with Gasteiger partial charge in [-0.15, -0.1) is 0 Å². The number of aromatic nitrogens is 1. The molecule has 0 bridgehead atoms. The first-order valence-electron chi connectivity index (χ1n) is 24.2. The number of hydrogen-bond donors (Lipinski definition) is 3. The first-order chi connectivity index (χ1) is 34.3. The maximum Gasteiger partial charge on any atom is 0.341 e. The van der Waals surface area contributed by atoms with Crippen LogP contribution in [0.1, 0.15) is 108 Å². The fraction of sp³-hybridized carbons (Fsp3) is 0.490. The Morgan fingerprint density at radius 3 is 2.08 bits per heavy atom. The molecular weight excluding hydrogens is 933 g/mol. The molecule has 7 atom stereocenters. The van der Waals surface area contributed by atoms with E-state index in [9.17, 15) is 43.2 Å². The molecule has 3 aliphatic heterocycles. The lowest BCUT2D eigenvalue weighted by atomic mass is 9.95. The minimum atomic E-state index is -1.83. The average Bonchev–Trinajstić information content (AvgIpc) is 4.00. The van der Waals surface area contributed by atoms with Crippen molar-refractivity contribution in [3.8, 4) is 0 Å². The van der Waals surface area contributed by atoms with Crippen molar-refractivity contribution in [1.82, 2.24) is 35.2 Å². The summed E-state index contributed by atoms with van der Waals surface area (Å²) in [6.45, 7) is 5.76. The van der Waals surface area contributed by atoms with Gasteiger partial charge in [-0.05, 0) is 63.3 Å². The average molecular weight is 997 g/mol. The molecular formula is C51H64N8O13. The number of nitrogens with one attached hydrogen (secondary N) is 3. The molecule has 3 N–H and O–H groups in total. The van der Waals surface area contributed by atoms with Gasteiger partial charge in [0.05, 0.1) is 18.8 Å². The Morgan fingerprint density at radius 1 is 0.792 bits per heavy atom. The highest BCUT2D eigenvalue weighted by atomic mass is 16.5. The second-order valence-electron chi connectivity index (χ2n) is 18.2. The predicted molar refractivity (Wildman–Crippen MR) is 259 cm³/mol. The third kappa shape index (κ3) is 11.8. The van der Waals surface area contributed by atoms with Crippen LogP contribution >= 0.6 is 0 Å². The van der Waals surface area contributed by atoms with Crippen LogP contribution in [0, 0.1) is 0 Å². The minimum absolute atomic E-state index is 0.0000156. The largest absolute Gasteiger partial charge is 0.462 e. The summed E-state index contributed by atoms with van der Waals surface area (Å²) >= 11 is 0. The normalized spacial score (nSPS) is 23.6. The van der Waals surface area contributed by atoms with Crippen LogP contribution in [-0.2, 0) is 61.2 Å². The van der Waals surface area contributed by atoms with Crippen LogP contribution in [0.25, 0.3) is 0 Å². The molecule has 0 saturated carbocycles. The molecule has 2 aromatic carbocycles. The van der Waals surface area contributed by atoms with Crippen LogP contribution in [0.3, 0.4) is 0 Å². The van der Waals surface area contributed by atoms with Gasteiger partial charge in [0.25, 0.3) is 5.91 Å². The number of Topliss-reactive ketones (excluding diaryl/α,β-unsaturated/α-hetero) is 1. The number of amides is 6. The summed E-state index contributed by atoms with van der Waals surface area (Å²) in [7, 11) is 6.59. The number of hydrogen-bond acceptors (Lipinski definition) is 14. The van der Waals surface area contributed by atoms with E-state index in [0.717, 1.165) is 5.69 Å². The Kier molecular flexibility index (Phi) is 17.6. The van der Waals surface area contributed by atoms with Gasteiger partial charge in [0, 0.05) is 72.4 Å². The van der Waals surface area contributed by atoms with Crippen LogP contribution in [-0.4, -0.2) is 162 Å². The van der Waals surface area contributed by atoms with Crippen LogP contribution < -0.4 is 20.9 Å². The van der Waals surface area contributed by atoms with E-state index in [4.69, 9.17) is 14.2 Å². The highest BCUT2D eigenvalue weighted by Crippen LogP contribution is 2.28. The van der Waals surface area contributed by atoms with Crippen molar-refractivity contribution in [2.24, 2.45) is 7.05 Å². The van der Waals surface area contributed by atoms with E-state index in [-0.39, 0.29) is 68.9 Å². The van der Waals surface area contributed by atoms with E-state index in [1.165, 1.54) is 65.5 Å². The second kappa shape index (κ2) is 23.6. The van der Waals surface area contributed by atoms with Crippen molar-refractivity contribution in [2.45, 2.75) is 109 Å². The number of rotatable bonds is 11. The van der Waals surface area contributed by atoms with E-state index in [0.29, 0.717) is 12.0 Å². The number of ether oxygens (including phenoxy) is 3. The summed E-state index contributed by atoms with van der Waals surface area (Å²) in [6.07, 6.45) is -0.255. The van der Waals surface area contributed by atoms with Crippen molar-refractivity contribution in [2.75, 3.05) is 52.3 Å². The molecule has 3 fully saturated rings. The molecule has 1 aromatic heterocycles. The highest BCUT2D eigenvalue weighted by molar-refractivity contribution is 6.12. The number of esters is 3. The smallest absolute Gasteiger partial charge is 0.341 e. The maximum atomic E-state index is 15.1. The zero-order chi connectivity index (χ0) is 52.6. The lowest BCUT2D eigenvalue weighted by Crippen LogP contribution is -2.61. The number of fused-ring (bicyclic) bond motifs is 2. The van der Waals surface area contributed by atoms with Crippen molar-refractivity contribution in [3.05, 3.63) is 88.7 Å². The third-order valence-corrected chi connectivity index (χ3v) is 13.2. The Bertz CT molecular complexity index is 2560. The minimum Gasteiger partial charge on any atom is -0.462 e. The molecule has 0 unspecified atom stereocenters. The Morgan fingerprint density at radius 2 is 1.44 bits per heavy atom. The maximum absolute atomic E-state index is 15.1. The Hall–Kier alpha value is -7.58. The first kappa shape index (κ1) is 53.8. The molecule has 21 heteroatoms. The van der Waals surface area contributed by atoms with E-state index in [1.807, 2.05) is 43.3 Å². The molecule has 3 aromatic rings. The van der Waals surface area contributed by atoms with E-state index in [1.54, 1.807) is 32.0 Å². The summed E-state index contributed by atoms with van der Waals surface area (Å²) in [6, 6.07) is 6.84. The third-order valence-electron chi connectivity index (χ3n) is 13.2. The molecule has 6 rings (SSSR count). The van der Waals surface area contributed by atoms with Gasteiger partial charge in [0.2, 0.25) is 29.5 Å². The van der Waals surface area contributed by atoms with Gasteiger partial charge in [-0.1, -0.05) is 49.4 Å². The highest BCUT2D eigenvalue weighted by Gasteiger charge is 2.46. The van der Waals surface area contributed by atoms with Crippen LogP contribution in [0.15, 0.2) is 60.8 Å². The molecule has 0 spiro atoms. The molecule has 21 nitrogen and oxygen atoms in total. The number of ketones is 1. The van der Waals surface area contributed by atoms with Gasteiger partial charge < -0.3 is 54.3 Å². The lowest BCUT2D eigenvalue weighted by Gasteiger charge is -2.40. The number of carbonyl (C=O) groups is 10. The number of likely N-dealkylation sites (N-methyl/N-ethyl adjacent to an activating group) is 1. The predicted octanol–water partition coefficient (Wildman–Crippen LogP) is 1.86. The molecule has 3 aliphatic rings. The Balaban J connectivity index is 1.46. The molecule has 386 valence electrons. The number of carbonyl (C=O) groups excluding carboxylic acids is 10. The van der Waals surface area contributed by atoms with Crippen molar-refractivity contribution >= 4 is 64.8 Å². The van der Waals surface area contributed by atoms with Gasteiger partial charge in [-0.3, -0.25) is 33.6 Å². The molecule has 0 aliphatic carbocycles. The summed E-state index contributed by atoms with van der Waals surface area (Å²) < 4.78 is 17.5. The van der Waals surface area contributed by atoms with Crippen molar-refractivity contribution < 1.29 is 62.2 Å². The van der Waals surface area contributed by atoms with E-state index in [2.05, 4.69) is 16.0 Å². The fourth-order valence-electron chi connectivity index (χ4n) is 9.30. The molecule has 0 radical (unpaired) electrons. The molecule has 72 heavy (non-hydrogen) atoms. The monoisotopic (exact) mass is 996 g/mol. The summed E-state index contributed by atoms with van der Waals surface area (Å²) in [5.74, 6) is -8.23. The number of cyclic esters (lactones) is 1. The van der Waals surface area contributed by atoms with Crippen molar-refractivity contribution in [3.63, 3.8) is 0 Å². The second-order valence-corrected chi connectivity index (χ2v) is 18.2. The molecule has 4 heterocycles.